The van der Waals surface area contributed by atoms with E-state index in [0.29, 0.717) is 22.5 Å². The van der Waals surface area contributed by atoms with Gasteiger partial charge in [0.15, 0.2) is 0 Å². The summed E-state index contributed by atoms with van der Waals surface area (Å²) in [7, 11) is 0. The number of ether oxygens (including phenoxy) is 1. The average Bonchev–Trinajstić information content (AvgIpc) is 3.01. The Morgan fingerprint density at radius 3 is 2.29 bits per heavy atom. The fraction of sp³-hybridized carbons (Fsp3) is 0.409. The van der Waals surface area contributed by atoms with Crippen LogP contribution in [0, 0.1) is 19.3 Å². The van der Waals surface area contributed by atoms with Crippen molar-refractivity contribution in [2.45, 2.75) is 51.5 Å². The molecule has 0 saturated heterocycles. The van der Waals surface area contributed by atoms with E-state index in [1.165, 1.54) is 0 Å². The molecule has 1 aromatic carbocycles. The number of anilines is 2. The van der Waals surface area contributed by atoms with E-state index in [9.17, 15) is 14.4 Å². The number of aryl methyl sites for hydroxylation is 1. The Hall–Kier alpha value is -2.09. The molecule has 1 saturated carbocycles. The Bertz CT molecular complexity index is 1060. The zero-order valence-electron chi connectivity index (χ0n) is 17.9. The van der Waals surface area contributed by atoms with Gasteiger partial charge in [0.25, 0.3) is 5.91 Å². The summed E-state index contributed by atoms with van der Waals surface area (Å²) < 4.78 is 4.18. The first-order valence-corrected chi connectivity index (χ1v) is 11.3. The fourth-order valence-corrected chi connectivity index (χ4v) is 4.91. The van der Waals surface area contributed by atoms with Crippen molar-refractivity contribution in [2.24, 2.45) is 5.41 Å². The van der Waals surface area contributed by atoms with Gasteiger partial charge in [0, 0.05) is 5.69 Å². The highest BCUT2D eigenvalue weighted by atomic mass is 35.5. The number of esters is 1. The highest BCUT2D eigenvalue weighted by Crippen LogP contribution is 2.64. The van der Waals surface area contributed by atoms with Crippen molar-refractivity contribution in [2.75, 3.05) is 10.6 Å². The number of amides is 2. The number of alkyl halides is 2. The minimum atomic E-state index is -1.16. The van der Waals surface area contributed by atoms with Crippen LogP contribution >= 0.6 is 34.5 Å². The normalized spacial score (nSPS) is 19.1. The number of benzene rings is 1. The third kappa shape index (κ3) is 4.59. The summed E-state index contributed by atoms with van der Waals surface area (Å²) in [5.41, 5.74) is 1.18. The molecule has 1 aromatic heterocycles. The van der Waals surface area contributed by atoms with Crippen LogP contribution in [0.15, 0.2) is 24.3 Å². The molecular formula is C22H24Cl2N2O4S. The SMILES string of the molecule is Cc1ccccc1NC(=O)c1sc(NC(=O)[C@]2(C)CC2(Cl)Cl)c(C(=O)OC(C)C)c1C. The monoisotopic (exact) mass is 482 g/mol. The topological polar surface area (TPSA) is 84.5 Å². The Morgan fingerprint density at radius 1 is 1.13 bits per heavy atom. The average molecular weight is 483 g/mol. The van der Waals surface area contributed by atoms with E-state index in [1.54, 1.807) is 33.8 Å². The number of rotatable bonds is 6. The van der Waals surface area contributed by atoms with Crippen molar-refractivity contribution in [3.05, 3.63) is 45.8 Å². The molecule has 9 heteroatoms. The summed E-state index contributed by atoms with van der Waals surface area (Å²) in [4.78, 5) is 38.9. The highest BCUT2D eigenvalue weighted by molar-refractivity contribution is 7.19. The number of hydrogen-bond donors (Lipinski definition) is 2. The number of hydrogen-bond acceptors (Lipinski definition) is 5. The van der Waals surface area contributed by atoms with E-state index < -0.39 is 21.6 Å². The van der Waals surface area contributed by atoms with Crippen LogP contribution in [0.4, 0.5) is 10.7 Å². The highest BCUT2D eigenvalue weighted by Gasteiger charge is 2.68. The second kappa shape index (κ2) is 8.45. The van der Waals surface area contributed by atoms with Gasteiger partial charge in [0.05, 0.1) is 22.0 Å². The van der Waals surface area contributed by atoms with E-state index in [1.807, 2.05) is 25.1 Å². The molecule has 1 fully saturated rings. The van der Waals surface area contributed by atoms with Gasteiger partial charge in [-0.3, -0.25) is 9.59 Å². The quantitative estimate of drug-likeness (QED) is 0.408. The van der Waals surface area contributed by atoms with Gasteiger partial charge in [-0.2, -0.15) is 0 Å². The van der Waals surface area contributed by atoms with E-state index in [4.69, 9.17) is 27.9 Å². The van der Waals surface area contributed by atoms with Crippen molar-refractivity contribution in [1.29, 1.82) is 0 Å². The molecule has 0 aliphatic heterocycles. The summed E-state index contributed by atoms with van der Waals surface area (Å²) >= 11 is 13.3. The van der Waals surface area contributed by atoms with Gasteiger partial charge in [0.2, 0.25) is 5.91 Å². The van der Waals surface area contributed by atoms with Crippen molar-refractivity contribution < 1.29 is 19.1 Å². The summed E-state index contributed by atoms with van der Waals surface area (Å²) in [6.45, 7) is 8.64. The molecule has 2 aromatic rings. The van der Waals surface area contributed by atoms with Gasteiger partial charge in [-0.15, -0.1) is 34.5 Å². The maximum Gasteiger partial charge on any atom is 0.341 e. The number of carbonyl (C=O) groups is 3. The second-order valence-corrected chi connectivity index (χ2v) is 10.7. The Kier molecular flexibility index (Phi) is 6.42. The molecule has 166 valence electrons. The molecule has 0 radical (unpaired) electrons. The van der Waals surface area contributed by atoms with Crippen molar-refractivity contribution in [3.8, 4) is 0 Å². The number of thiophene rings is 1. The third-order valence-corrected chi connectivity index (χ3v) is 7.59. The maximum atomic E-state index is 13.0. The molecule has 31 heavy (non-hydrogen) atoms. The lowest BCUT2D eigenvalue weighted by Gasteiger charge is -2.13. The zero-order valence-corrected chi connectivity index (χ0v) is 20.2. The predicted octanol–water partition coefficient (Wildman–Crippen LogP) is 5.70. The van der Waals surface area contributed by atoms with Gasteiger partial charge in [-0.05, 0) is 58.2 Å². The lowest BCUT2D eigenvalue weighted by Crippen LogP contribution is -2.26. The van der Waals surface area contributed by atoms with Crippen LogP contribution in [0.25, 0.3) is 0 Å². The van der Waals surface area contributed by atoms with Gasteiger partial charge >= 0.3 is 5.97 Å². The molecule has 1 atom stereocenters. The van der Waals surface area contributed by atoms with Crippen LogP contribution in [-0.2, 0) is 9.53 Å². The lowest BCUT2D eigenvalue weighted by atomic mass is 10.1. The molecule has 0 spiro atoms. The minimum absolute atomic E-state index is 0.154. The zero-order chi connectivity index (χ0) is 23.1. The van der Waals surface area contributed by atoms with Crippen LogP contribution in [0.5, 0.6) is 0 Å². The first-order chi connectivity index (χ1) is 14.4. The maximum absolute atomic E-state index is 13.0. The first kappa shape index (κ1) is 23.6. The van der Waals surface area contributed by atoms with Crippen molar-refractivity contribution >= 4 is 63.0 Å². The van der Waals surface area contributed by atoms with Crippen LogP contribution in [0.3, 0.4) is 0 Å². The van der Waals surface area contributed by atoms with Crippen molar-refractivity contribution in [3.63, 3.8) is 0 Å². The van der Waals surface area contributed by atoms with Crippen LogP contribution in [0.1, 0.15) is 58.3 Å². The summed E-state index contributed by atoms with van der Waals surface area (Å²) in [5, 5.41) is 5.84. The molecule has 2 amide bonds. The molecule has 1 aliphatic rings. The van der Waals surface area contributed by atoms with E-state index >= 15 is 0 Å². The van der Waals surface area contributed by atoms with Gasteiger partial charge in [-0.25, -0.2) is 4.79 Å². The molecule has 0 bridgehead atoms. The van der Waals surface area contributed by atoms with Gasteiger partial charge in [-0.1, -0.05) is 18.2 Å². The predicted molar refractivity (Wildman–Crippen MR) is 125 cm³/mol. The smallest absolute Gasteiger partial charge is 0.341 e. The first-order valence-electron chi connectivity index (χ1n) is 9.78. The molecule has 2 N–H and O–H groups in total. The molecule has 6 nitrogen and oxygen atoms in total. The van der Waals surface area contributed by atoms with E-state index in [0.717, 1.165) is 16.9 Å². The summed E-state index contributed by atoms with van der Waals surface area (Å²) in [6.07, 6.45) is -0.0648. The van der Waals surface area contributed by atoms with E-state index in [-0.39, 0.29) is 22.6 Å². The minimum Gasteiger partial charge on any atom is -0.459 e. The number of nitrogens with one attached hydrogen (secondary N) is 2. The van der Waals surface area contributed by atoms with Crippen LogP contribution in [-0.4, -0.2) is 28.2 Å². The van der Waals surface area contributed by atoms with Gasteiger partial charge < -0.3 is 15.4 Å². The summed E-state index contributed by atoms with van der Waals surface area (Å²) in [6, 6.07) is 7.37. The number of para-hydroxylation sites is 1. The Balaban J connectivity index is 1.95. The Morgan fingerprint density at radius 2 is 1.74 bits per heavy atom. The molecule has 1 aliphatic carbocycles. The second-order valence-electron chi connectivity index (χ2n) is 8.15. The third-order valence-electron chi connectivity index (χ3n) is 5.28. The molecular weight excluding hydrogens is 459 g/mol. The van der Waals surface area contributed by atoms with Crippen LogP contribution < -0.4 is 10.6 Å². The largest absolute Gasteiger partial charge is 0.459 e. The molecule has 1 heterocycles. The van der Waals surface area contributed by atoms with Gasteiger partial charge in [0.1, 0.15) is 9.33 Å². The lowest BCUT2D eigenvalue weighted by molar-refractivity contribution is -0.120. The van der Waals surface area contributed by atoms with E-state index in [2.05, 4.69) is 10.6 Å². The summed E-state index contributed by atoms with van der Waals surface area (Å²) in [5.74, 6) is -1.40. The number of carbonyl (C=O) groups excluding carboxylic acids is 3. The number of halogens is 2. The standard InChI is InChI=1S/C22H24Cl2N2O4S/c1-11(2)30-19(28)15-13(4)16(17(27)25-14-9-7-6-8-12(14)3)31-18(15)26-20(29)21(5)10-22(21,23)24/h6-9,11H,10H2,1-5H3,(H,25,27)(H,26,29)/t21-/m0/s1. The Labute approximate surface area is 195 Å². The molecule has 3 rings (SSSR count). The van der Waals surface area contributed by atoms with Crippen LogP contribution in [0.2, 0.25) is 0 Å². The fourth-order valence-electron chi connectivity index (χ4n) is 3.12. The van der Waals surface area contributed by atoms with Crippen molar-refractivity contribution in [1.82, 2.24) is 0 Å². The molecule has 0 unspecified atom stereocenters.